The number of Topliss-reactive ketones (excluding diaryl/α,β-unsaturated/α-hetero) is 1. The molecule has 0 saturated heterocycles. The van der Waals surface area contributed by atoms with Crippen LogP contribution in [0.1, 0.15) is 42.9 Å². The van der Waals surface area contributed by atoms with Crippen molar-refractivity contribution in [1.29, 1.82) is 0 Å². The van der Waals surface area contributed by atoms with E-state index in [9.17, 15) is 9.90 Å². The maximum absolute atomic E-state index is 12.0. The maximum Gasteiger partial charge on any atom is 0.161 e. The highest BCUT2D eigenvalue weighted by atomic mass is 16.3. The second-order valence-electron chi connectivity index (χ2n) is 5.33. The number of phenolic OH excluding ortho intramolecular Hbond substituents is 1. The molecule has 0 aromatic heterocycles. The molecule has 1 atom stereocenters. The van der Waals surface area contributed by atoms with Gasteiger partial charge in [-0.25, -0.2) is 0 Å². The summed E-state index contributed by atoms with van der Waals surface area (Å²) >= 11 is 0. The van der Waals surface area contributed by atoms with Crippen molar-refractivity contribution in [2.75, 3.05) is 0 Å². The molecule has 0 bridgehead atoms. The van der Waals surface area contributed by atoms with Gasteiger partial charge in [0, 0.05) is 5.92 Å². The van der Waals surface area contributed by atoms with Crippen LogP contribution in [0.5, 0.6) is 5.75 Å². The van der Waals surface area contributed by atoms with E-state index >= 15 is 0 Å². The summed E-state index contributed by atoms with van der Waals surface area (Å²) in [6.45, 7) is 5.77. The first-order valence-corrected chi connectivity index (χ1v) is 6.54. The van der Waals surface area contributed by atoms with Crippen LogP contribution >= 0.6 is 0 Å². The van der Waals surface area contributed by atoms with E-state index in [1.54, 1.807) is 0 Å². The third-order valence-corrected chi connectivity index (χ3v) is 3.70. The third kappa shape index (κ3) is 2.47. The van der Waals surface area contributed by atoms with Gasteiger partial charge in [-0.15, -0.1) is 0 Å². The fourth-order valence-electron chi connectivity index (χ4n) is 2.59. The molecule has 1 aromatic rings. The van der Waals surface area contributed by atoms with Crippen molar-refractivity contribution >= 4 is 11.9 Å². The molecule has 0 spiro atoms. The zero-order valence-corrected chi connectivity index (χ0v) is 11.3. The summed E-state index contributed by atoms with van der Waals surface area (Å²) in [6.07, 6.45) is 4.96. The Morgan fingerprint density at radius 2 is 1.89 bits per heavy atom. The SMILES string of the molecule is Cc1cc(/C=C2\CCC[C@@H](C)C2=O)cc(C)c1O. The predicted molar refractivity (Wildman–Crippen MR) is 73.6 cm³/mol. The van der Waals surface area contributed by atoms with Crippen molar-refractivity contribution in [1.82, 2.24) is 0 Å². The number of aryl methyl sites for hydroxylation is 2. The number of carbonyl (C=O) groups excluding carboxylic acids is 1. The lowest BCUT2D eigenvalue weighted by molar-refractivity contribution is -0.119. The Balaban J connectivity index is 2.35. The Hall–Kier alpha value is -1.57. The minimum absolute atomic E-state index is 0.157. The van der Waals surface area contributed by atoms with Gasteiger partial charge in [0.1, 0.15) is 5.75 Å². The Bertz CT molecular complexity index is 489. The summed E-state index contributed by atoms with van der Waals surface area (Å²) in [4.78, 5) is 12.0. The highest BCUT2D eigenvalue weighted by Gasteiger charge is 2.22. The lowest BCUT2D eigenvalue weighted by Crippen LogP contribution is -2.18. The van der Waals surface area contributed by atoms with Crippen molar-refractivity contribution < 1.29 is 9.90 Å². The van der Waals surface area contributed by atoms with Gasteiger partial charge < -0.3 is 5.11 Å². The number of carbonyl (C=O) groups is 1. The number of benzene rings is 1. The summed E-state index contributed by atoms with van der Waals surface area (Å²) in [6, 6.07) is 3.86. The van der Waals surface area contributed by atoms with Gasteiger partial charge in [0.2, 0.25) is 0 Å². The summed E-state index contributed by atoms with van der Waals surface area (Å²) < 4.78 is 0. The number of hydrogen-bond donors (Lipinski definition) is 1. The standard InChI is InChI=1S/C16H20O2/c1-10-5-4-6-14(16(10)18)9-13-7-11(2)15(17)12(3)8-13/h7-10,17H,4-6H2,1-3H3/b14-9+/t10-/m1/s1. The second-order valence-corrected chi connectivity index (χ2v) is 5.33. The topological polar surface area (TPSA) is 37.3 Å². The molecule has 0 radical (unpaired) electrons. The molecule has 1 fully saturated rings. The molecule has 96 valence electrons. The van der Waals surface area contributed by atoms with Crippen molar-refractivity contribution in [3.05, 3.63) is 34.4 Å². The van der Waals surface area contributed by atoms with E-state index in [4.69, 9.17) is 0 Å². The molecule has 0 amide bonds. The highest BCUT2D eigenvalue weighted by Crippen LogP contribution is 2.29. The molecule has 1 N–H and O–H groups in total. The molecule has 0 aliphatic heterocycles. The van der Waals surface area contributed by atoms with Crippen LogP contribution in [0.15, 0.2) is 17.7 Å². The van der Waals surface area contributed by atoms with E-state index in [1.165, 1.54) is 0 Å². The number of hydrogen-bond acceptors (Lipinski definition) is 2. The van der Waals surface area contributed by atoms with Crippen molar-refractivity contribution in [3.8, 4) is 5.75 Å². The van der Waals surface area contributed by atoms with Crippen LogP contribution in [-0.4, -0.2) is 10.9 Å². The monoisotopic (exact) mass is 244 g/mol. The molecule has 2 rings (SSSR count). The molecule has 18 heavy (non-hydrogen) atoms. The zero-order valence-electron chi connectivity index (χ0n) is 11.3. The molecule has 2 nitrogen and oxygen atoms in total. The van der Waals surface area contributed by atoms with Crippen LogP contribution in [0, 0.1) is 19.8 Å². The fourth-order valence-corrected chi connectivity index (χ4v) is 2.59. The van der Waals surface area contributed by atoms with Gasteiger partial charge in [0.15, 0.2) is 5.78 Å². The number of phenols is 1. The molecular formula is C16H20O2. The Kier molecular flexibility index (Phi) is 3.55. The van der Waals surface area contributed by atoms with Crippen LogP contribution in [0.25, 0.3) is 6.08 Å². The van der Waals surface area contributed by atoms with Crippen molar-refractivity contribution in [2.45, 2.75) is 40.0 Å². The summed E-state index contributed by atoms with van der Waals surface area (Å²) in [5.41, 5.74) is 3.66. The highest BCUT2D eigenvalue weighted by molar-refractivity contribution is 6.01. The largest absolute Gasteiger partial charge is 0.507 e. The fraction of sp³-hybridized carbons (Fsp3) is 0.438. The van der Waals surface area contributed by atoms with Gasteiger partial charge in [0.25, 0.3) is 0 Å². The smallest absolute Gasteiger partial charge is 0.161 e. The average Bonchev–Trinajstić information content (AvgIpc) is 2.32. The summed E-state index contributed by atoms with van der Waals surface area (Å²) in [5.74, 6) is 0.787. The quantitative estimate of drug-likeness (QED) is 0.763. The number of ketones is 1. The van der Waals surface area contributed by atoms with Gasteiger partial charge in [-0.2, -0.15) is 0 Å². The molecule has 0 unspecified atom stereocenters. The van der Waals surface area contributed by atoms with Crippen molar-refractivity contribution in [3.63, 3.8) is 0 Å². The van der Waals surface area contributed by atoms with Crippen LogP contribution in [0.3, 0.4) is 0 Å². The van der Waals surface area contributed by atoms with Crippen LogP contribution < -0.4 is 0 Å². The van der Waals surface area contributed by atoms with E-state index in [2.05, 4.69) is 0 Å². The first-order chi connectivity index (χ1) is 8.49. The maximum atomic E-state index is 12.0. The van der Waals surface area contributed by atoms with Crippen LogP contribution in [0.2, 0.25) is 0 Å². The van der Waals surface area contributed by atoms with Crippen LogP contribution in [0.4, 0.5) is 0 Å². The number of allylic oxidation sites excluding steroid dienone is 1. The lowest BCUT2D eigenvalue weighted by atomic mass is 9.84. The average molecular weight is 244 g/mol. The van der Waals surface area contributed by atoms with Gasteiger partial charge in [-0.3, -0.25) is 4.79 Å². The molecule has 1 saturated carbocycles. The van der Waals surface area contributed by atoms with Gasteiger partial charge >= 0.3 is 0 Å². The third-order valence-electron chi connectivity index (χ3n) is 3.70. The van der Waals surface area contributed by atoms with E-state index in [0.29, 0.717) is 5.75 Å². The number of aromatic hydroxyl groups is 1. The first-order valence-electron chi connectivity index (χ1n) is 6.54. The summed E-state index contributed by atoms with van der Waals surface area (Å²) in [5, 5.41) is 9.74. The van der Waals surface area contributed by atoms with Gasteiger partial charge in [0.05, 0.1) is 0 Å². The summed E-state index contributed by atoms with van der Waals surface area (Å²) in [7, 11) is 0. The molecule has 0 heterocycles. The van der Waals surface area contributed by atoms with Crippen LogP contribution in [-0.2, 0) is 4.79 Å². The molecule has 1 aliphatic carbocycles. The van der Waals surface area contributed by atoms with Gasteiger partial charge in [-0.05, 0) is 73.6 Å². The molecular weight excluding hydrogens is 224 g/mol. The molecule has 1 aliphatic rings. The Morgan fingerprint density at radius 1 is 1.28 bits per heavy atom. The first kappa shape index (κ1) is 12.9. The normalized spacial score (nSPS) is 22.5. The zero-order chi connectivity index (χ0) is 13.3. The van der Waals surface area contributed by atoms with Crippen molar-refractivity contribution in [2.24, 2.45) is 5.92 Å². The molecule has 2 heteroatoms. The Labute approximate surface area is 108 Å². The second kappa shape index (κ2) is 4.97. The van der Waals surface area contributed by atoms with E-state index in [-0.39, 0.29) is 11.7 Å². The minimum Gasteiger partial charge on any atom is -0.507 e. The van der Waals surface area contributed by atoms with E-state index < -0.39 is 0 Å². The Morgan fingerprint density at radius 3 is 2.50 bits per heavy atom. The molecule has 1 aromatic carbocycles. The van der Waals surface area contributed by atoms with Gasteiger partial charge in [-0.1, -0.05) is 6.92 Å². The van der Waals surface area contributed by atoms with E-state index in [1.807, 2.05) is 39.0 Å². The van der Waals surface area contributed by atoms with E-state index in [0.717, 1.165) is 41.5 Å². The predicted octanol–water partition coefficient (Wildman–Crippen LogP) is 3.78. The minimum atomic E-state index is 0.157. The number of rotatable bonds is 1. The lowest BCUT2D eigenvalue weighted by Gasteiger charge is -2.19.